The first kappa shape index (κ1) is 19.4. The number of hydrogen-bond acceptors (Lipinski definition) is 3. The molecule has 6 heteroatoms. The monoisotopic (exact) mass is 385 g/mol. The van der Waals surface area contributed by atoms with Gasteiger partial charge in [0.2, 0.25) is 5.62 Å². The molecule has 5 nitrogen and oxygen atoms in total. The molecule has 0 fully saturated rings. The third-order valence-corrected chi connectivity index (χ3v) is 5.00. The van der Waals surface area contributed by atoms with Gasteiger partial charge in [0.05, 0.1) is 17.6 Å². The van der Waals surface area contributed by atoms with Gasteiger partial charge in [0.1, 0.15) is 0 Å². The normalized spacial score (nSPS) is 11.2. The van der Waals surface area contributed by atoms with Crippen LogP contribution in [0.3, 0.4) is 0 Å². The number of aromatic nitrogens is 2. The number of para-hydroxylation sites is 1. The molecule has 1 heterocycles. The molecule has 0 radical (unpaired) electrons. The average Bonchev–Trinajstić information content (AvgIpc) is 2.94. The standard InChI is InChI=1S/C21H24ClN3O2/c1-3-15-6-4-7-18-20(15)24(12-5-13-27-2)21(23)25(18)14-19(26)16-8-10-17(22)11-9-16/h4,6-11,23H,3,5,12-14H2,1-2H3. The van der Waals surface area contributed by atoms with Crippen molar-refractivity contribution in [2.24, 2.45) is 0 Å². The average molecular weight is 386 g/mol. The van der Waals surface area contributed by atoms with E-state index in [1.807, 2.05) is 16.7 Å². The molecule has 0 aliphatic carbocycles. The Morgan fingerprint density at radius 1 is 1.15 bits per heavy atom. The number of imidazole rings is 1. The first-order chi connectivity index (χ1) is 13.1. The predicted molar refractivity (Wildman–Crippen MR) is 107 cm³/mol. The van der Waals surface area contributed by atoms with Gasteiger partial charge in [-0.05, 0) is 48.7 Å². The lowest BCUT2D eigenvalue weighted by atomic mass is 10.1. The maximum atomic E-state index is 12.8. The molecule has 0 aliphatic heterocycles. The lowest BCUT2D eigenvalue weighted by Crippen LogP contribution is -2.27. The Kier molecular flexibility index (Phi) is 6.14. The highest BCUT2D eigenvalue weighted by Crippen LogP contribution is 2.20. The molecule has 1 N–H and O–H groups in total. The number of nitrogens with zero attached hydrogens (tertiary/aromatic N) is 2. The van der Waals surface area contributed by atoms with Gasteiger partial charge >= 0.3 is 0 Å². The number of methoxy groups -OCH3 is 1. The second kappa shape index (κ2) is 8.55. The summed E-state index contributed by atoms with van der Waals surface area (Å²) in [5, 5.41) is 9.28. The van der Waals surface area contributed by atoms with Gasteiger partial charge in [0.15, 0.2) is 5.78 Å². The van der Waals surface area contributed by atoms with E-state index in [2.05, 4.69) is 13.0 Å². The van der Waals surface area contributed by atoms with Crippen LogP contribution in [0.4, 0.5) is 0 Å². The zero-order valence-corrected chi connectivity index (χ0v) is 16.4. The second-order valence-electron chi connectivity index (χ2n) is 6.48. The largest absolute Gasteiger partial charge is 0.385 e. The van der Waals surface area contributed by atoms with Crippen LogP contribution in [0.15, 0.2) is 42.5 Å². The summed E-state index contributed by atoms with van der Waals surface area (Å²) in [4.78, 5) is 12.8. The Bertz CT molecular complexity index is 1000. The molecule has 0 spiro atoms. The smallest absolute Gasteiger partial charge is 0.203 e. The van der Waals surface area contributed by atoms with Crippen molar-refractivity contribution >= 4 is 28.4 Å². The molecule has 1 aromatic heterocycles. The van der Waals surface area contributed by atoms with Gasteiger partial charge in [-0.3, -0.25) is 10.2 Å². The number of aryl methyl sites for hydroxylation is 2. The van der Waals surface area contributed by atoms with E-state index in [0.717, 1.165) is 23.9 Å². The van der Waals surface area contributed by atoms with Gasteiger partial charge in [-0.25, -0.2) is 0 Å². The number of carbonyl (C=O) groups excluding carboxylic acids is 1. The second-order valence-corrected chi connectivity index (χ2v) is 6.91. The highest BCUT2D eigenvalue weighted by molar-refractivity contribution is 6.30. The van der Waals surface area contributed by atoms with Crippen LogP contribution < -0.4 is 5.62 Å². The quantitative estimate of drug-likeness (QED) is 0.469. The third-order valence-electron chi connectivity index (χ3n) is 4.75. The van der Waals surface area contributed by atoms with Crippen molar-refractivity contribution in [2.75, 3.05) is 13.7 Å². The fraction of sp³-hybridized carbons (Fsp3) is 0.333. The number of hydrogen-bond donors (Lipinski definition) is 1. The first-order valence-corrected chi connectivity index (χ1v) is 9.47. The third kappa shape index (κ3) is 3.99. The van der Waals surface area contributed by atoms with Gasteiger partial charge < -0.3 is 13.9 Å². The minimum atomic E-state index is -0.0389. The first-order valence-electron chi connectivity index (χ1n) is 9.10. The number of nitrogens with one attached hydrogen (secondary N) is 1. The summed E-state index contributed by atoms with van der Waals surface area (Å²) in [5.74, 6) is -0.0389. The zero-order chi connectivity index (χ0) is 19.4. The minimum Gasteiger partial charge on any atom is -0.385 e. The van der Waals surface area contributed by atoms with Gasteiger partial charge in [-0.1, -0.05) is 30.7 Å². The van der Waals surface area contributed by atoms with Crippen molar-refractivity contribution in [3.8, 4) is 0 Å². The van der Waals surface area contributed by atoms with E-state index in [1.165, 1.54) is 5.56 Å². The summed E-state index contributed by atoms with van der Waals surface area (Å²) >= 11 is 5.92. The van der Waals surface area contributed by atoms with Crippen molar-refractivity contribution in [1.82, 2.24) is 9.13 Å². The molecule has 0 saturated carbocycles. The number of fused-ring (bicyclic) bond motifs is 1. The van der Waals surface area contributed by atoms with Crippen LogP contribution in [0.5, 0.6) is 0 Å². The number of halogens is 1. The topological polar surface area (TPSA) is 60.0 Å². The number of ketones is 1. The van der Waals surface area contributed by atoms with E-state index >= 15 is 0 Å². The Morgan fingerprint density at radius 3 is 2.56 bits per heavy atom. The summed E-state index contributed by atoms with van der Waals surface area (Å²) in [6, 6.07) is 12.9. The van der Waals surface area contributed by atoms with Crippen LogP contribution >= 0.6 is 11.6 Å². The van der Waals surface area contributed by atoms with E-state index in [0.29, 0.717) is 29.4 Å². The van der Waals surface area contributed by atoms with E-state index in [4.69, 9.17) is 21.7 Å². The van der Waals surface area contributed by atoms with E-state index in [1.54, 1.807) is 35.9 Å². The van der Waals surface area contributed by atoms with Crippen molar-refractivity contribution in [1.29, 1.82) is 5.41 Å². The molecule has 0 amide bonds. The van der Waals surface area contributed by atoms with Gasteiger partial charge in [-0.2, -0.15) is 0 Å². The molecule has 27 heavy (non-hydrogen) atoms. The fourth-order valence-electron chi connectivity index (χ4n) is 3.37. The highest BCUT2D eigenvalue weighted by atomic mass is 35.5. The fourth-order valence-corrected chi connectivity index (χ4v) is 3.50. The van der Waals surface area contributed by atoms with Gasteiger partial charge in [0, 0.05) is 30.8 Å². The molecule has 3 aromatic rings. The van der Waals surface area contributed by atoms with Crippen LogP contribution in [-0.2, 0) is 24.2 Å². The summed E-state index contributed by atoms with van der Waals surface area (Å²) < 4.78 is 8.94. The highest BCUT2D eigenvalue weighted by Gasteiger charge is 2.16. The molecule has 0 aliphatic rings. The van der Waals surface area contributed by atoms with Crippen molar-refractivity contribution < 1.29 is 9.53 Å². The molecular formula is C21H24ClN3O2. The number of benzene rings is 2. The van der Waals surface area contributed by atoms with E-state index in [-0.39, 0.29) is 12.3 Å². The van der Waals surface area contributed by atoms with Gasteiger partial charge in [-0.15, -0.1) is 0 Å². The Hall–Kier alpha value is -2.37. The number of ether oxygens (including phenoxy) is 1. The molecular weight excluding hydrogens is 362 g/mol. The lowest BCUT2D eigenvalue weighted by molar-refractivity contribution is 0.0971. The Morgan fingerprint density at radius 2 is 1.89 bits per heavy atom. The Labute approximate surface area is 163 Å². The molecule has 142 valence electrons. The summed E-state index contributed by atoms with van der Waals surface area (Å²) in [6.07, 6.45) is 1.69. The predicted octanol–water partition coefficient (Wildman–Crippen LogP) is 4.06. The van der Waals surface area contributed by atoms with Crippen LogP contribution in [0.25, 0.3) is 11.0 Å². The van der Waals surface area contributed by atoms with Gasteiger partial charge in [0.25, 0.3) is 0 Å². The van der Waals surface area contributed by atoms with Crippen molar-refractivity contribution in [3.05, 3.63) is 64.2 Å². The lowest BCUT2D eigenvalue weighted by Gasteiger charge is -2.07. The molecule has 0 atom stereocenters. The summed E-state index contributed by atoms with van der Waals surface area (Å²) in [7, 11) is 1.68. The number of rotatable bonds is 8. The van der Waals surface area contributed by atoms with Crippen LogP contribution in [-0.4, -0.2) is 28.6 Å². The maximum Gasteiger partial charge on any atom is 0.203 e. The van der Waals surface area contributed by atoms with Crippen LogP contribution in [0, 0.1) is 5.41 Å². The SMILES string of the molecule is CCc1cccc2c1n(CCCOC)c(=N)n2CC(=O)c1ccc(Cl)cc1. The van der Waals surface area contributed by atoms with Crippen LogP contribution in [0.2, 0.25) is 5.02 Å². The zero-order valence-electron chi connectivity index (χ0n) is 15.7. The maximum absolute atomic E-state index is 12.8. The minimum absolute atomic E-state index is 0.0389. The van der Waals surface area contributed by atoms with Crippen molar-refractivity contribution in [2.45, 2.75) is 32.9 Å². The molecule has 0 saturated heterocycles. The van der Waals surface area contributed by atoms with E-state index < -0.39 is 0 Å². The molecule has 2 aromatic carbocycles. The summed E-state index contributed by atoms with van der Waals surface area (Å²) in [5.41, 5.74) is 4.06. The number of carbonyl (C=O) groups is 1. The molecule has 0 bridgehead atoms. The molecule has 3 rings (SSSR count). The molecule has 0 unspecified atom stereocenters. The number of Topliss-reactive ketones (excluding diaryl/α,β-unsaturated/α-hetero) is 1. The van der Waals surface area contributed by atoms with Crippen LogP contribution in [0.1, 0.15) is 29.3 Å². The van der Waals surface area contributed by atoms with Crippen molar-refractivity contribution in [3.63, 3.8) is 0 Å². The summed E-state index contributed by atoms with van der Waals surface area (Å²) in [6.45, 7) is 3.55. The Balaban J connectivity index is 2.04. The van der Waals surface area contributed by atoms with E-state index in [9.17, 15) is 4.79 Å².